The van der Waals surface area contributed by atoms with Crippen LogP contribution in [0.3, 0.4) is 0 Å². The van der Waals surface area contributed by atoms with E-state index in [0.717, 1.165) is 6.92 Å². The van der Waals surface area contributed by atoms with Crippen molar-refractivity contribution in [2.24, 2.45) is 5.14 Å². The van der Waals surface area contributed by atoms with E-state index < -0.39 is 20.7 Å². The molecule has 16 heavy (non-hydrogen) atoms. The molecule has 0 aromatic heterocycles. The first kappa shape index (κ1) is 12.7. The van der Waals surface area contributed by atoms with E-state index in [2.05, 4.69) is 0 Å². The van der Waals surface area contributed by atoms with Gasteiger partial charge >= 0.3 is 5.97 Å². The molecular weight excluding hydrogens is 230 g/mol. The first-order chi connectivity index (χ1) is 7.27. The number of benzene rings is 1. The lowest BCUT2D eigenvalue weighted by atomic mass is 10.0. The van der Waals surface area contributed by atoms with Gasteiger partial charge in [0.05, 0.1) is 0 Å². The highest BCUT2D eigenvalue weighted by Crippen LogP contribution is 2.20. The summed E-state index contributed by atoms with van der Waals surface area (Å²) in [7, 11) is -4.16. The monoisotopic (exact) mass is 243 g/mol. The molecule has 88 valence electrons. The topological polar surface area (TPSA) is 97.5 Å². The number of carboxylic acids is 1. The SMILES string of the molecule is CC(Cc1ccccc1)(C(=O)O)S(N)(=O)=O. The van der Waals surface area contributed by atoms with E-state index in [0.29, 0.717) is 5.56 Å². The molecule has 0 heterocycles. The number of rotatable bonds is 4. The Morgan fingerprint density at radius 2 is 1.88 bits per heavy atom. The molecule has 3 N–H and O–H groups in total. The van der Waals surface area contributed by atoms with Crippen molar-refractivity contribution in [2.75, 3.05) is 0 Å². The molecule has 0 aliphatic rings. The lowest BCUT2D eigenvalue weighted by molar-refractivity contribution is -0.139. The van der Waals surface area contributed by atoms with E-state index in [1.54, 1.807) is 30.3 Å². The summed E-state index contributed by atoms with van der Waals surface area (Å²) in [5, 5.41) is 13.9. The van der Waals surface area contributed by atoms with Crippen LogP contribution >= 0.6 is 0 Å². The predicted octanol–water partition coefficient (Wildman–Crippen LogP) is 0.361. The second-order valence-corrected chi connectivity index (χ2v) is 5.73. The maximum atomic E-state index is 11.3. The van der Waals surface area contributed by atoms with Gasteiger partial charge in [0, 0.05) is 6.42 Å². The molecule has 0 saturated carbocycles. The highest BCUT2D eigenvalue weighted by Gasteiger charge is 2.44. The number of carboxylic acid groups (broad SMARTS) is 1. The van der Waals surface area contributed by atoms with Crippen LogP contribution in [-0.2, 0) is 21.2 Å². The highest BCUT2D eigenvalue weighted by atomic mass is 32.2. The summed E-state index contributed by atoms with van der Waals surface area (Å²) in [5.41, 5.74) is 0.612. The van der Waals surface area contributed by atoms with E-state index >= 15 is 0 Å². The Hall–Kier alpha value is -1.40. The molecular formula is C10H13NO4S. The third-order valence-electron chi connectivity index (χ3n) is 2.46. The van der Waals surface area contributed by atoms with Gasteiger partial charge in [0.15, 0.2) is 4.75 Å². The Bertz CT molecular complexity index is 483. The van der Waals surface area contributed by atoms with Crippen LogP contribution in [0.1, 0.15) is 12.5 Å². The largest absolute Gasteiger partial charge is 0.480 e. The van der Waals surface area contributed by atoms with Crippen LogP contribution in [-0.4, -0.2) is 24.2 Å². The van der Waals surface area contributed by atoms with Gasteiger partial charge in [-0.2, -0.15) is 0 Å². The minimum absolute atomic E-state index is 0.151. The smallest absolute Gasteiger partial charge is 0.326 e. The number of hydrogen-bond donors (Lipinski definition) is 2. The number of carbonyl (C=O) groups is 1. The Labute approximate surface area is 93.9 Å². The van der Waals surface area contributed by atoms with Gasteiger partial charge in [-0.05, 0) is 12.5 Å². The number of hydrogen-bond acceptors (Lipinski definition) is 3. The second-order valence-electron chi connectivity index (χ2n) is 3.74. The Balaban J connectivity index is 3.13. The average Bonchev–Trinajstić information content (AvgIpc) is 2.17. The van der Waals surface area contributed by atoms with E-state index in [-0.39, 0.29) is 6.42 Å². The number of sulfonamides is 1. The van der Waals surface area contributed by atoms with Gasteiger partial charge in [0.25, 0.3) is 0 Å². The van der Waals surface area contributed by atoms with Crippen molar-refractivity contribution in [3.8, 4) is 0 Å². The van der Waals surface area contributed by atoms with E-state index in [4.69, 9.17) is 10.2 Å². The van der Waals surface area contributed by atoms with Crippen LogP contribution in [0.25, 0.3) is 0 Å². The molecule has 0 aliphatic heterocycles. The number of primary sulfonamides is 1. The maximum absolute atomic E-state index is 11.3. The van der Waals surface area contributed by atoms with Crippen LogP contribution in [0.5, 0.6) is 0 Å². The second kappa shape index (κ2) is 4.23. The van der Waals surface area contributed by atoms with Gasteiger partial charge < -0.3 is 5.11 Å². The summed E-state index contributed by atoms with van der Waals surface area (Å²) >= 11 is 0. The third-order valence-corrected chi connectivity index (χ3v) is 4.04. The lowest BCUT2D eigenvalue weighted by Crippen LogP contribution is -2.49. The summed E-state index contributed by atoms with van der Waals surface area (Å²) < 4.78 is 20.6. The van der Waals surface area contributed by atoms with Crippen molar-refractivity contribution < 1.29 is 18.3 Å². The summed E-state index contributed by atoms with van der Waals surface area (Å²) in [5.74, 6) is -1.45. The molecule has 1 aromatic carbocycles. The molecule has 1 atom stereocenters. The summed E-state index contributed by atoms with van der Waals surface area (Å²) in [6.45, 7) is 1.11. The van der Waals surface area contributed by atoms with Crippen LogP contribution in [0.4, 0.5) is 0 Å². The molecule has 0 aliphatic carbocycles. The zero-order valence-corrected chi connectivity index (χ0v) is 9.57. The van der Waals surface area contributed by atoms with E-state index in [1.807, 2.05) is 0 Å². The fourth-order valence-electron chi connectivity index (χ4n) is 1.28. The zero-order chi connectivity index (χ0) is 12.4. The van der Waals surface area contributed by atoms with Gasteiger partial charge in [-0.25, -0.2) is 13.6 Å². The van der Waals surface area contributed by atoms with Gasteiger partial charge in [-0.1, -0.05) is 30.3 Å². The normalized spacial score (nSPS) is 15.4. The number of aliphatic carboxylic acids is 1. The molecule has 0 bridgehead atoms. The molecule has 0 amide bonds. The van der Waals surface area contributed by atoms with Crippen molar-refractivity contribution >= 4 is 16.0 Å². The van der Waals surface area contributed by atoms with Gasteiger partial charge in [0.2, 0.25) is 10.0 Å². The molecule has 0 radical (unpaired) electrons. The third kappa shape index (κ3) is 2.40. The van der Waals surface area contributed by atoms with Crippen LogP contribution in [0.15, 0.2) is 30.3 Å². The minimum atomic E-state index is -4.16. The minimum Gasteiger partial charge on any atom is -0.480 e. The molecule has 1 rings (SSSR count). The molecule has 0 fully saturated rings. The summed E-state index contributed by atoms with van der Waals surface area (Å²) in [6, 6.07) is 8.50. The first-order valence-electron chi connectivity index (χ1n) is 4.57. The van der Waals surface area contributed by atoms with Crippen molar-refractivity contribution in [2.45, 2.75) is 18.1 Å². The van der Waals surface area contributed by atoms with Gasteiger partial charge in [-0.15, -0.1) is 0 Å². The van der Waals surface area contributed by atoms with E-state index in [9.17, 15) is 13.2 Å². The molecule has 1 aromatic rings. The molecule has 0 saturated heterocycles. The highest BCUT2D eigenvalue weighted by molar-refractivity contribution is 7.91. The Morgan fingerprint density at radius 3 is 2.25 bits per heavy atom. The zero-order valence-electron chi connectivity index (χ0n) is 8.75. The summed E-state index contributed by atoms with van der Waals surface area (Å²) in [6.07, 6.45) is -0.151. The van der Waals surface area contributed by atoms with Gasteiger partial charge in [-0.3, -0.25) is 4.79 Å². The quantitative estimate of drug-likeness (QED) is 0.797. The van der Waals surface area contributed by atoms with Crippen LogP contribution in [0.2, 0.25) is 0 Å². The Kier molecular flexibility index (Phi) is 3.35. The van der Waals surface area contributed by atoms with Crippen molar-refractivity contribution in [3.63, 3.8) is 0 Å². The fraction of sp³-hybridized carbons (Fsp3) is 0.300. The van der Waals surface area contributed by atoms with Crippen molar-refractivity contribution in [3.05, 3.63) is 35.9 Å². The first-order valence-corrected chi connectivity index (χ1v) is 6.12. The lowest BCUT2D eigenvalue weighted by Gasteiger charge is -2.22. The fourth-order valence-corrected chi connectivity index (χ4v) is 1.89. The molecule has 0 spiro atoms. The van der Waals surface area contributed by atoms with Crippen LogP contribution < -0.4 is 5.14 Å². The van der Waals surface area contributed by atoms with E-state index in [1.165, 1.54) is 0 Å². The predicted molar refractivity (Wildman–Crippen MR) is 59.3 cm³/mol. The van der Waals surface area contributed by atoms with Crippen LogP contribution in [0, 0.1) is 0 Å². The average molecular weight is 243 g/mol. The Morgan fingerprint density at radius 1 is 1.38 bits per heavy atom. The van der Waals surface area contributed by atoms with Crippen molar-refractivity contribution in [1.82, 2.24) is 0 Å². The summed E-state index contributed by atoms with van der Waals surface area (Å²) in [4.78, 5) is 11.0. The molecule has 6 heteroatoms. The molecule has 1 unspecified atom stereocenters. The maximum Gasteiger partial charge on any atom is 0.326 e. The van der Waals surface area contributed by atoms with Crippen molar-refractivity contribution in [1.29, 1.82) is 0 Å². The standard InChI is InChI=1S/C10H13NO4S/c1-10(9(12)13,16(11,14)15)7-8-5-3-2-4-6-8/h2-6H,7H2,1H3,(H,12,13)(H2,11,14,15). The number of nitrogens with two attached hydrogens (primary N) is 1. The van der Waals surface area contributed by atoms with Gasteiger partial charge in [0.1, 0.15) is 0 Å². The molecule has 5 nitrogen and oxygen atoms in total.